The highest BCUT2D eigenvalue weighted by Gasteiger charge is 2.45. The zero-order valence-electron chi connectivity index (χ0n) is 22.2. The summed E-state index contributed by atoms with van der Waals surface area (Å²) in [6.45, 7) is 11.8. The van der Waals surface area contributed by atoms with Gasteiger partial charge in [-0.2, -0.15) is 0 Å². The van der Waals surface area contributed by atoms with Crippen LogP contribution in [0.5, 0.6) is 0 Å². The molecule has 0 aromatic heterocycles. The first kappa shape index (κ1) is 22.1. The summed E-state index contributed by atoms with van der Waals surface area (Å²) in [5, 5.41) is 2.85. The summed E-state index contributed by atoms with van der Waals surface area (Å²) >= 11 is 0. The third kappa shape index (κ3) is 3.04. The summed E-state index contributed by atoms with van der Waals surface area (Å²) < 4.78 is 0. The van der Waals surface area contributed by atoms with Crippen LogP contribution in [-0.4, -0.2) is 0 Å². The van der Waals surface area contributed by atoms with Gasteiger partial charge in [0, 0.05) is 22.0 Å². The van der Waals surface area contributed by atoms with Crippen LogP contribution in [0.25, 0.3) is 33.0 Å². The molecule has 0 saturated heterocycles. The molecule has 0 radical (unpaired) electrons. The average molecular weight is 475 g/mol. The van der Waals surface area contributed by atoms with Crippen molar-refractivity contribution in [1.82, 2.24) is 0 Å². The summed E-state index contributed by atoms with van der Waals surface area (Å²) in [7, 11) is 0. The normalized spacial score (nSPS) is 15.4. The van der Waals surface area contributed by atoms with Crippen LogP contribution in [0.15, 0.2) is 91.0 Å². The summed E-state index contributed by atoms with van der Waals surface area (Å²) in [4.78, 5) is 0. The van der Waals surface area contributed by atoms with Crippen LogP contribution < -0.4 is 0 Å². The van der Waals surface area contributed by atoms with Gasteiger partial charge in [0.05, 0.1) is 0 Å². The lowest BCUT2D eigenvalue weighted by Gasteiger charge is -2.35. The Kier molecular flexibility index (Phi) is 4.47. The molecule has 5 aromatic carbocycles. The van der Waals surface area contributed by atoms with Gasteiger partial charge in [-0.3, -0.25) is 0 Å². The number of rotatable bonds is 1. The summed E-state index contributed by atoms with van der Waals surface area (Å²) in [6, 6.07) is 33.1. The molecule has 0 amide bonds. The fourth-order valence-corrected chi connectivity index (χ4v) is 6.71. The molecule has 0 aliphatic heterocycles. The van der Waals surface area contributed by atoms with E-state index in [0.29, 0.717) is 0 Å². The van der Waals surface area contributed by atoms with Gasteiger partial charge in [0.2, 0.25) is 0 Å². The zero-order chi connectivity index (χ0) is 25.5. The van der Waals surface area contributed by atoms with Gasteiger partial charge in [0.1, 0.15) is 0 Å². The summed E-state index contributed by atoms with van der Waals surface area (Å²) in [5.74, 6) is 6.99. The minimum Gasteiger partial charge on any atom is -0.0622 e. The van der Waals surface area contributed by atoms with Gasteiger partial charge in [-0.15, -0.1) is 0 Å². The van der Waals surface area contributed by atoms with Crippen LogP contribution >= 0.6 is 0 Å². The number of aryl methyl sites for hydroxylation is 1. The molecule has 0 N–H and O–H groups in total. The lowest BCUT2D eigenvalue weighted by atomic mass is 9.68. The first-order chi connectivity index (χ1) is 17.8. The van der Waals surface area contributed by atoms with Crippen molar-refractivity contribution >= 4 is 10.8 Å². The van der Waals surface area contributed by atoms with Crippen molar-refractivity contribution < 1.29 is 0 Å². The van der Waals surface area contributed by atoms with Gasteiger partial charge in [-0.25, -0.2) is 0 Å². The highest BCUT2D eigenvalue weighted by Crippen LogP contribution is 2.59. The predicted octanol–water partition coefficient (Wildman–Crippen LogP) is 9.16. The standard InChI is InChI=1S/C37H30/c1-23-20-30-35-33-28(23)12-9-13-29(33)36(2,3)31-21-25(22-32(34(31)35)37(30,4)5)15-14-24-16-18-27(19-17-24)26-10-7-6-8-11-26/h6-13,16-22H,1-5H3. The van der Waals surface area contributed by atoms with Crippen LogP contribution in [0, 0.1) is 18.8 Å². The van der Waals surface area contributed by atoms with Gasteiger partial charge in [-0.05, 0) is 92.0 Å². The highest BCUT2D eigenvalue weighted by molar-refractivity contribution is 6.09. The molecule has 0 heterocycles. The second-order valence-corrected chi connectivity index (χ2v) is 11.7. The lowest BCUT2D eigenvalue weighted by molar-refractivity contribution is 0.639. The molecule has 0 heteroatoms. The molecule has 2 aliphatic rings. The molecule has 178 valence electrons. The van der Waals surface area contributed by atoms with E-state index in [1.807, 2.05) is 0 Å². The van der Waals surface area contributed by atoms with Gasteiger partial charge in [0.15, 0.2) is 0 Å². The van der Waals surface area contributed by atoms with Crippen molar-refractivity contribution in [3.8, 4) is 34.1 Å². The second kappa shape index (κ2) is 7.47. The molecule has 7 rings (SSSR count). The van der Waals surface area contributed by atoms with E-state index < -0.39 is 0 Å². The Hall–Kier alpha value is -4.08. The van der Waals surface area contributed by atoms with Crippen molar-refractivity contribution in [3.63, 3.8) is 0 Å². The average Bonchev–Trinajstić information content (AvgIpc) is 3.13. The van der Waals surface area contributed by atoms with Gasteiger partial charge >= 0.3 is 0 Å². The quantitative estimate of drug-likeness (QED) is 0.212. The molecule has 0 bridgehead atoms. The van der Waals surface area contributed by atoms with Crippen molar-refractivity contribution in [1.29, 1.82) is 0 Å². The maximum absolute atomic E-state index is 3.53. The van der Waals surface area contributed by atoms with Crippen molar-refractivity contribution in [2.45, 2.75) is 45.4 Å². The van der Waals surface area contributed by atoms with E-state index in [4.69, 9.17) is 0 Å². The van der Waals surface area contributed by atoms with Crippen LogP contribution in [0.3, 0.4) is 0 Å². The molecular weight excluding hydrogens is 444 g/mol. The molecule has 37 heavy (non-hydrogen) atoms. The van der Waals surface area contributed by atoms with E-state index in [1.165, 1.54) is 60.8 Å². The third-order valence-electron chi connectivity index (χ3n) is 8.79. The Morgan fingerprint density at radius 2 is 1.11 bits per heavy atom. The first-order valence-corrected chi connectivity index (χ1v) is 13.2. The van der Waals surface area contributed by atoms with Crippen LogP contribution in [0.4, 0.5) is 0 Å². The predicted molar refractivity (Wildman–Crippen MR) is 156 cm³/mol. The largest absolute Gasteiger partial charge is 0.0622 e. The van der Waals surface area contributed by atoms with Crippen LogP contribution in [0.1, 0.15) is 66.6 Å². The Labute approximate surface area is 220 Å². The van der Waals surface area contributed by atoms with E-state index in [2.05, 4.69) is 137 Å². The highest BCUT2D eigenvalue weighted by atomic mass is 14.5. The SMILES string of the molecule is Cc1cc2c3c4c(cccc14)C(C)(C)c1cc(C#Cc4ccc(-c5ccccc5)cc4)cc(c1-3)C2(C)C. The van der Waals surface area contributed by atoms with Gasteiger partial charge in [-0.1, -0.05) is 106 Å². The van der Waals surface area contributed by atoms with E-state index in [-0.39, 0.29) is 10.8 Å². The first-order valence-electron chi connectivity index (χ1n) is 13.2. The molecule has 0 atom stereocenters. The Morgan fingerprint density at radius 1 is 0.514 bits per heavy atom. The van der Waals surface area contributed by atoms with Gasteiger partial charge < -0.3 is 0 Å². The monoisotopic (exact) mass is 474 g/mol. The second-order valence-electron chi connectivity index (χ2n) is 11.7. The maximum Gasteiger partial charge on any atom is 0.0255 e. The fraction of sp³-hybridized carbons (Fsp3) is 0.189. The smallest absolute Gasteiger partial charge is 0.0255 e. The van der Waals surface area contributed by atoms with Gasteiger partial charge in [0.25, 0.3) is 0 Å². The van der Waals surface area contributed by atoms with E-state index in [0.717, 1.165) is 11.1 Å². The maximum atomic E-state index is 3.53. The van der Waals surface area contributed by atoms with Crippen molar-refractivity contribution in [2.24, 2.45) is 0 Å². The molecule has 2 aliphatic carbocycles. The van der Waals surface area contributed by atoms with E-state index in [1.54, 1.807) is 0 Å². The minimum absolute atomic E-state index is 0.0546. The Bertz CT molecular complexity index is 1800. The fourth-order valence-electron chi connectivity index (χ4n) is 6.71. The Morgan fingerprint density at radius 3 is 1.81 bits per heavy atom. The minimum atomic E-state index is -0.0862. The summed E-state index contributed by atoms with van der Waals surface area (Å²) in [5.41, 5.74) is 14.4. The summed E-state index contributed by atoms with van der Waals surface area (Å²) in [6.07, 6.45) is 0. The van der Waals surface area contributed by atoms with Crippen LogP contribution in [0.2, 0.25) is 0 Å². The molecule has 0 fully saturated rings. The molecule has 0 nitrogen and oxygen atoms in total. The number of benzene rings is 5. The molecule has 0 spiro atoms. The lowest BCUT2D eigenvalue weighted by Crippen LogP contribution is -2.24. The molecule has 0 unspecified atom stereocenters. The molecule has 0 saturated carbocycles. The third-order valence-corrected chi connectivity index (χ3v) is 8.79. The number of hydrogen-bond donors (Lipinski definition) is 0. The topological polar surface area (TPSA) is 0 Å². The molecular formula is C37H30. The van der Waals surface area contributed by atoms with E-state index in [9.17, 15) is 0 Å². The Balaban J connectivity index is 1.39. The number of hydrogen-bond acceptors (Lipinski definition) is 0. The van der Waals surface area contributed by atoms with Crippen molar-refractivity contribution in [2.75, 3.05) is 0 Å². The van der Waals surface area contributed by atoms with Crippen LogP contribution in [-0.2, 0) is 10.8 Å². The van der Waals surface area contributed by atoms with E-state index >= 15 is 0 Å². The van der Waals surface area contributed by atoms with Crippen molar-refractivity contribution in [3.05, 3.63) is 130 Å². The molecule has 5 aromatic rings. The zero-order valence-corrected chi connectivity index (χ0v) is 22.2.